The lowest BCUT2D eigenvalue weighted by atomic mass is 10.1. The van der Waals surface area contributed by atoms with Crippen molar-refractivity contribution in [2.24, 2.45) is 5.92 Å². The lowest BCUT2D eigenvalue weighted by Gasteiger charge is -2.22. The number of carbonyl (C=O) groups excluding carboxylic acids is 2. The van der Waals surface area contributed by atoms with Crippen molar-refractivity contribution in [1.82, 2.24) is 15.2 Å². The van der Waals surface area contributed by atoms with Crippen molar-refractivity contribution in [3.05, 3.63) is 22.9 Å². The summed E-state index contributed by atoms with van der Waals surface area (Å²) in [4.78, 5) is 31.4. The lowest BCUT2D eigenvalue weighted by Crippen LogP contribution is -2.33. The van der Waals surface area contributed by atoms with E-state index in [4.69, 9.17) is 4.74 Å². The molecule has 0 atom stereocenters. The molecule has 2 aliphatic rings. The number of pyridine rings is 1. The molecule has 1 aromatic rings. The highest BCUT2D eigenvalue weighted by molar-refractivity contribution is 5.98. The summed E-state index contributed by atoms with van der Waals surface area (Å²) in [5, 5.41) is 2.94. The van der Waals surface area contributed by atoms with Crippen LogP contribution in [0.4, 0.5) is 0 Å². The minimum atomic E-state index is 0.0251. The third kappa shape index (κ3) is 4.60. The van der Waals surface area contributed by atoms with E-state index in [0.29, 0.717) is 42.9 Å². The van der Waals surface area contributed by atoms with Crippen LogP contribution in [0.5, 0.6) is 5.88 Å². The monoisotopic (exact) mass is 373 g/mol. The molecule has 0 saturated heterocycles. The van der Waals surface area contributed by atoms with Crippen molar-refractivity contribution in [3.8, 4) is 5.88 Å². The molecule has 148 valence electrons. The Balaban J connectivity index is 1.65. The third-order valence-corrected chi connectivity index (χ3v) is 5.57. The molecule has 6 nitrogen and oxygen atoms in total. The Morgan fingerprint density at radius 3 is 2.78 bits per heavy atom. The van der Waals surface area contributed by atoms with Crippen LogP contribution in [0.1, 0.15) is 80.4 Å². The number of carbonyl (C=O) groups is 2. The number of methoxy groups -OCH3 is 1. The van der Waals surface area contributed by atoms with Gasteiger partial charge in [0.1, 0.15) is 0 Å². The largest absolute Gasteiger partial charge is 0.481 e. The van der Waals surface area contributed by atoms with Crippen molar-refractivity contribution in [2.75, 3.05) is 7.11 Å². The van der Waals surface area contributed by atoms with Crippen molar-refractivity contribution in [1.29, 1.82) is 0 Å². The van der Waals surface area contributed by atoms with Crippen molar-refractivity contribution in [2.45, 2.75) is 77.9 Å². The van der Waals surface area contributed by atoms with Gasteiger partial charge in [-0.05, 0) is 31.2 Å². The molecule has 0 bridgehead atoms. The van der Waals surface area contributed by atoms with Gasteiger partial charge in [-0.3, -0.25) is 9.59 Å². The van der Waals surface area contributed by atoms with Crippen LogP contribution in [0.15, 0.2) is 6.07 Å². The van der Waals surface area contributed by atoms with E-state index in [1.165, 1.54) is 12.8 Å². The average Bonchev–Trinajstić information content (AvgIpc) is 3.27. The number of ether oxygens (including phenoxy) is 1. The summed E-state index contributed by atoms with van der Waals surface area (Å²) in [5.41, 5.74) is 2.21. The Morgan fingerprint density at radius 2 is 2.11 bits per heavy atom. The predicted octanol–water partition coefficient (Wildman–Crippen LogP) is 3.43. The molecular formula is C21H31N3O3. The van der Waals surface area contributed by atoms with Gasteiger partial charge in [0, 0.05) is 24.6 Å². The summed E-state index contributed by atoms with van der Waals surface area (Å²) in [6.07, 6.45) is 6.99. The van der Waals surface area contributed by atoms with E-state index in [-0.39, 0.29) is 11.8 Å². The molecule has 1 aliphatic carbocycles. The van der Waals surface area contributed by atoms with Crippen LogP contribution in [0, 0.1) is 5.92 Å². The van der Waals surface area contributed by atoms with Gasteiger partial charge in [0.2, 0.25) is 11.8 Å². The highest BCUT2D eigenvalue weighted by Gasteiger charge is 2.35. The van der Waals surface area contributed by atoms with Gasteiger partial charge in [0.15, 0.2) is 0 Å². The molecule has 1 aromatic heterocycles. The van der Waals surface area contributed by atoms with Crippen LogP contribution in [0.25, 0.3) is 0 Å². The Hall–Kier alpha value is -2.11. The standard InChI is InChI=1S/C21H31N3O3/c1-14(2)7-6-10-19(25)22-12-15-11-17-18(23-20(15)27-3)13-24(21(17)26)16-8-4-5-9-16/h11,14,16H,4-10,12-13H2,1-3H3,(H,22,25). The molecule has 1 saturated carbocycles. The molecule has 3 rings (SSSR count). The fourth-order valence-electron chi connectivity index (χ4n) is 4.03. The second-order valence-corrected chi connectivity index (χ2v) is 8.09. The molecule has 0 spiro atoms. The Labute approximate surface area is 161 Å². The summed E-state index contributed by atoms with van der Waals surface area (Å²) >= 11 is 0. The second kappa shape index (κ2) is 8.72. The maximum absolute atomic E-state index is 12.8. The van der Waals surface area contributed by atoms with E-state index in [2.05, 4.69) is 24.1 Å². The summed E-state index contributed by atoms with van der Waals surface area (Å²) in [6.45, 7) is 5.22. The molecule has 2 heterocycles. The summed E-state index contributed by atoms with van der Waals surface area (Å²) < 4.78 is 5.42. The first-order valence-corrected chi connectivity index (χ1v) is 10.1. The van der Waals surface area contributed by atoms with Crippen molar-refractivity contribution >= 4 is 11.8 Å². The minimum Gasteiger partial charge on any atom is -0.481 e. The van der Waals surface area contributed by atoms with Crippen LogP contribution >= 0.6 is 0 Å². The maximum atomic E-state index is 12.8. The third-order valence-electron chi connectivity index (χ3n) is 5.57. The second-order valence-electron chi connectivity index (χ2n) is 8.09. The number of aromatic nitrogens is 1. The molecule has 0 unspecified atom stereocenters. The molecule has 2 amide bonds. The number of amides is 2. The molecule has 27 heavy (non-hydrogen) atoms. The zero-order valence-corrected chi connectivity index (χ0v) is 16.7. The minimum absolute atomic E-state index is 0.0251. The number of fused-ring (bicyclic) bond motifs is 1. The zero-order chi connectivity index (χ0) is 19.4. The smallest absolute Gasteiger partial charge is 0.256 e. The number of rotatable bonds is 8. The number of hydrogen-bond donors (Lipinski definition) is 1. The van der Waals surface area contributed by atoms with Crippen LogP contribution in [0.3, 0.4) is 0 Å². The van der Waals surface area contributed by atoms with Crippen LogP contribution in [-0.4, -0.2) is 34.8 Å². The maximum Gasteiger partial charge on any atom is 0.256 e. The van der Waals surface area contributed by atoms with Crippen LogP contribution in [0.2, 0.25) is 0 Å². The van der Waals surface area contributed by atoms with Gasteiger partial charge >= 0.3 is 0 Å². The van der Waals surface area contributed by atoms with Crippen LogP contribution < -0.4 is 10.1 Å². The van der Waals surface area contributed by atoms with Gasteiger partial charge in [-0.15, -0.1) is 0 Å². The molecule has 1 fully saturated rings. The van der Waals surface area contributed by atoms with Gasteiger partial charge in [0.05, 0.1) is 24.9 Å². The molecule has 1 aliphatic heterocycles. The summed E-state index contributed by atoms with van der Waals surface area (Å²) in [5.74, 6) is 1.19. The fourth-order valence-corrected chi connectivity index (χ4v) is 4.03. The topological polar surface area (TPSA) is 71.5 Å². The lowest BCUT2D eigenvalue weighted by molar-refractivity contribution is -0.121. The summed E-state index contributed by atoms with van der Waals surface area (Å²) in [7, 11) is 1.58. The van der Waals surface area contributed by atoms with Gasteiger partial charge < -0.3 is 15.0 Å². The van der Waals surface area contributed by atoms with E-state index < -0.39 is 0 Å². The van der Waals surface area contributed by atoms with Crippen LogP contribution in [-0.2, 0) is 17.9 Å². The predicted molar refractivity (Wildman–Crippen MR) is 103 cm³/mol. The van der Waals surface area contributed by atoms with Crippen molar-refractivity contribution < 1.29 is 14.3 Å². The highest BCUT2D eigenvalue weighted by Crippen LogP contribution is 2.33. The first kappa shape index (κ1) is 19.6. The normalized spacial score (nSPS) is 16.9. The zero-order valence-electron chi connectivity index (χ0n) is 16.7. The van der Waals surface area contributed by atoms with E-state index in [1.807, 2.05) is 11.0 Å². The molecule has 0 aromatic carbocycles. The van der Waals surface area contributed by atoms with E-state index in [9.17, 15) is 9.59 Å². The molecule has 0 radical (unpaired) electrons. The number of hydrogen-bond acceptors (Lipinski definition) is 4. The van der Waals surface area contributed by atoms with Gasteiger partial charge in [-0.2, -0.15) is 0 Å². The SMILES string of the molecule is COc1nc2c(cc1CNC(=O)CCCC(C)C)C(=O)N(C1CCCC1)C2. The Kier molecular flexibility index (Phi) is 6.34. The van der Waals surface area contributed by atoms with E-state index in [0.717, 1.165) is 36.9 Å². The quantitative estimate of drug-likeness (QED) is 0.758. The average molecular weight is 373 g/mol. The van der Waals surface area contributed by atoms with Crippen molar-refractivity contribution in [3.63, 3.8) is 0 Å². The molecular weight excluding hydrogens is 342 g/mol. The Morgan fingerprint density at radius 1 is 1.37 bits per heavy atom. The number of nitrogens with one attached hydrogen (secondary N) is 1. The first-order valence-electron chi connectivity index (χ1n) is 10.1. The van der Waals surface area contributed by atoms with E-state index >= 15 is 0 Å². The number of nitrogens with zero attached hydrogens (tertiary/aromatic N) is 2. The Bertz CT molecular complexity index is 696. The summed E-state index contributed by atoms with van der Waals surface area (Å²) in [6, 6.07) is 2.19. The van der Waals surface area contributed by atoms with E-state index in [1.54, 1.807) is 7.11 Å². The molecule has 1 N–H and O–H groups in total. The first-order chi connectivity index (χ1) is 13.0. The van der Waals surface area contributed by atoms with Gasteiger partial charge in [-0.1, -0.05) is 33.1 Å². The molecule has 6 heteroatoms. The van der Waals surface area contributed by atoms with Gasteiger partial charge in [0.25, 0.3) is 5.91 Å². The highest BCUT2D eigenvalue weighted by atomic mass is 16.5. The fraction of sp³-hybridized carbons (Fsp3) is 0.667. The van der Waals surface area contributed by atoms with Gasteiger partial charge in [-0.25, -0.2) is 4.98 Å².